The number of carbonyl (C=O) groups is 5. The van der Waals surface area contributed by atoms with Crippen LogP contribution in [0.25, 0.3) is 0 Å². The zero-order chi connectivity index (χ0) is 21.7. The number of amides is 3. The molecule has 0 fully saturated rings. The minimum Gasteiger partial charge on any atom is -0.481 e. The third-order valence-electron chi connectivity index (χ3n) is 3.48. The average molecular weight is 422 g/mol. The van der Waals surface area contributed by atoms with Crippen LogP contribution in [-0.4, -0.2) is 88.3 Å². The molecule has 0 heterocycles. The van der Waals surface area contributed by atoms with Crippen LogP contribution in [0.1, 0.15) is 19.3 Å². The SMILES string of the molecule is CSCCC(NC(=O)C(N)CCC(=O)O)C(=O)NC(CO)C(=O)NCC(=O)O. The largest absolute Gasteiger partial charge is 0.481 e. The molecular weight excluding hydrogens is 396 g/mol. The van der Waals surface area contributed by atoms with Crippen molar-refractivity contribution in [3.05, 3.63) is 0 Å². The van der Waals surface area contributed by atoms with Crippen molar-refractivity contribution in [2.45, 2.75) is 37.4 Å². The molecule has 0 radical (unpaired) electrons. The number of carboxylic acids is 2. The van der Waals surface area contributed by atoms with E-state index in [2.05, 4.69) is 10.6 Å². The van der Waals surface area contributed by atoms with Gasteiger partial charge in [0.15, 0.2) is 0 Å². The number of aliphatic hydroxyl groups excluding tert-OH is 1. The van der Waals surface area contributed by atoms with Gasteiger partial charge in [0, 0.05) is 6.42 Å². The molecule has 0 spiro atoms. The van der Waals surface area contributed by atoms with Gasteiger partial charge in [-0.1, -0.05) is 0 Å². The third-order valence-corrected chi connectivity index (χ3v) is 4.12. The molecule has 0 aromatic rings. The first-order valence-corrected chi connectivity index (χ1v) is 9.69. The summed E-state index contributed by atoms with van der Waals surface area (Å²) in [4.78, 5) is 57.4. The minimum atomic E-state index is -1.40. The van der Waals surface area contributed by atoms with Gasteiger partial charge in [-0.2, -0.15) is 11.8 Å². The van der Waals surface area contributed by atoms with Gasteiger partial charge < -0.3 is 37.0 Å². The molecule has 0 aliphatic heterocycles. The van der Waals surface area contributed by atoms with Crippen molar-refractivity contribution in [1.82, 2.24) is 16.0 Å². The minimum absolute atomic E-state index is 0.116. The van der Waals surface area contributed by atoms with E-state index in [0.717, 1.165) is 0 Å². The van der Waals surface area contributed by atoms with Crippen LogP contribution in [-0.2, 0) is 24.0 Å². The number of thioether (sulfide) groups is 1. The zero-order valence-electron chi connectivity index (χ0n) is 15.3. The number of carbonyl (C=O) groups excluding carboxylic acids is 3. The molecule has 0 bridgehead atoms. The summed E-state index contributed by atoms with van der Waals surface area (Å²) in [5.74, 6) is -4.31. The van der Waals surface area contributed by atoms with E-state index in [1.54, 1.807) is 6.26 Å². The van der Waals surface area contributed by atoms with Crippen molar-refractivity contribution >= 4 is 41.4 Å². The number of hydrogen-bond donors (Lipinski definition) is 7. The Balaban J connectivity index is 4.93. The van der Waals surface area contributed by atoms with Gasteiger partial charge in [-0.3, -0.25) is 24.0 Å². The fourth-order valence-corrected chi connectivity index (χ4v) is 2.42. The number of aliphatic carboxylic acids is 2. The number of nitrogens with one attached hydrogen (secondary N) is 3. The molecule has 28 heavy (non-hydrogen) atoms. The lowest BCUT2D eigenvalue weighted by molar-refractivity contribution is -0.139. The highest BCUT2D eigenvalue weighted by Gasteiger charge is 2.27. The normalized spacial score (nSPS) is 13.7. The lowest BCUT2D eigenvalue weighted by Crippen LogP contribution is -2.57. The van der Waals surface area contributed by atoms with Crippen LogP contribution in [0.5, 0.6) is 0 Å². The van der Waals surface area contributed by atoms with Gasteiger partial charge in [-0.15, -0.1) is 0 Å². The molecule has 12 nitrogen and oxygen atoms in total. The van der Waals surface area contributed by atoms with E-state index in [4.69, 9.17) is 15.9 Å². The van der Waals surface area contributed by atoms with Crippen molar-refractivity contribution in [1.29, 1.82) is 0 Å². The zero-order valence-corrected chi connectivity index (χ0v) is 16.2. The molecule has 3 amide bonds. The van der Waals surface area contributed by atoms with Crippen LogP contribution >= 0.6 is 11.8 Å². The Bertz CT molecular complexity index is 574. The Hall–Kier alpha value is -2.38. The molecule has 3 atom stereocenters. The molecule has 13 heteroatoms. The molecular formula is C15H26N4O8S. The van der Waals surface area contributed by atoms with E-state index in [-0.39, 0.29) is 19.3 Å². The summed E-state index contributed by atoms with van der Waals surface area (Å²) in [6, 6.07) is -3.61. The maximum absolute atomic E-state index is 12.4. The number of hydrogen-bond acceptors (Lipinski definition) is 8. The fraction of sp³-hybridized carbons (Fsp3) is 0.667. The van der Waals surface area contributed by atoms with Gasteiger partial charge in [0.05, 0.1) is 12.6 Å². The topological polar surface area (TPSA) is 208 Å². The number of aliphatic hydroxyl groups is 1. The highest BCUT2D eigenvalue weighted by Crippen LogP contribution is 2.03. The van der Waals surface area contributed by atoms with Gasteiger partial charge in [-0.05, 0) is 24.9 Å². The summed E-state index contributed by atoms with van der Waals surface area (Å²) in [7, 11) is 0. The molecule has 160 valence electrons. The van der Waals surface area contributed by atoms with Crippen LogP contribution in [0, 0.1) is 0 Å². The Morgan fingerprint density at radius 1 is 0.929 bits per heavy atom. The molecule has 0 saturated carbocycles. The van der Waals surface area contributed by atoms with Gasteiger partial charge in [0.25, 0.3) is 0 Å². The first-order valence-electron chi connectivity index (χ1n) is 8.29. The van der Waals surface area contributed by atoms with E-state index in [1.165, 1.54) is 11.8 Å². The first kappa shape index (κ1) is 25.6. The number of carboxylic acid groups (broad SMARTS) is 2. The molecule has 0 aromatic carbocycles. The summed E-state index contributed by atoms with van der Waals surface area (Å²) >= 11 is 1.41. The molecule has 0 aliphatic carbocycles. The summed E-state index contributed by atoms with van der Waals surface area (Å²) in [6.07, 6.45) is 1.55. The van der Waals surface area contributed by atoms with Crippen LogP contribution in [0.2, 0.25) is 0 Å². The molecule has 0 saturated heterocycles. The summed E-state index contributed by atoms with van der Waals surface area (Å²) < 4.78 is 0. The Morgan fingerprint density at radius 2 is 1.54 bits per heavy atom. The molecule has 0 aromatic heterocycles. The van der Waals surface area contributed by atoms with Crippen LogP contribution < -0.4 is 21.7 Å². The highest BCUT2D eigenvalue weighted by molar-refractivity contribution is 7.98. The van der Waals surface area contributed by atoms with Gasteiger partial charge in [0.1, 0.15) is 18.6 Å². The van der Waals surface area contributed by atoms with Crippen molar-refractivity contribution in [2.75, 3.05) is 25.2 Å². The second-order valence-electron chi connectivity index (χ2n) is 5.74. The number of nitrogens with two attached hydrogens (primary N) is 1. The highest BCUT2D eigenvalue weighted by atomic mass is 32.2. The van der Waals surface area contributed by atoms with Gasteiger partial charge in [0.2, 0.25) is 17.7 Å². The maximum atomic E-state index is 12.4. The van der Waals surface area contributed by atoms with E-state index in [0.29, 0.717) is 5.75 Å². The monoisotopic (exact) mass is 422 g/mol. The smallest absolute Gasteiger partial charge is 0.322 e. The van der Waals surface area contributed by atoms with Crippen molar-refractivity contribution in [3.8, 4) is 0 Å². The molecule has 8 N–H and O–H groups in total. The second kappa shape index (κ2) is 13.7. The standard InChI is InChI=1S/C15H26N4O8S/c1-28-5-4-9(18-13(25)8(16)2-3-11(21)22)15(27)19-10(7-20)14(26)17-6-12(23)24/h8-10,20H,2-7,16H2,1H3,(H,17,26)(H,18,25)(H,19,27)(H,21,22)(H,23,24). The van der Waals surface area contributed by atoms with Crippen molar-refractivity contribution in [2.24, 2.45) is 5.73 Å². The Morgan fingerprint density at radius 3 is 2.04 bits per heavy atom. The van der Waals surface area contributed by atoms with Crippen LogP contribution in [0.15, 0.2) is 0 Å². The van der Waals surface area contributed by atoms with Crippen LogP contribution in [0.4, 0.5) is 0 Å². The van der Waals surface area contributed by atoms with Crippen LogP contribution in [0.3, 0.4) is 0 Å². The summed E-state index contributed by atoms with van der Waals surface area (Å²) in [6.45, 7) is -1.46. The van der Waals surface area contributed by atoms with E-state index < -0.39 is 60.9 Å². The maximum Gasteiger partial charge on any atom is 0.322 e. The lowest BCUT2D eigenvalue weighted by atomic mass is 10.1. The quantitative estimate of drug-likeness (QED) is 0.152. The van der Waals surface area contributed by atoms with Gasteiger partial charge >= 0.3 is 11.9 Å². The number of rotatable bonds is 14. The summed E-state index contributed by atoms with van der Waals surface area (Å²) in [5, 5.41) is 33.1. The predicted molar refractivity (Wildman–Crippen MR) is 99.4 cm³/mol. The van der Waals surface area contributed by atoms with E-state index >= 15 is 0 Å². The molecule has 0 aliphatic rings. The average Bonchev–Trinajstić information content (AvgIpc) is 2.64. The first-order chi connectivity index (χ1) is 13.1. The van der Waals surface area contributed by atoms with E-state index in [9.17, 15) is 29.1 Å². The second-order valence-corrected chi connectivity index (χ2v) is 6.72. The lowest BCUT2D eigenvalue weighted by Gasteiger charge is -2.23. The van der Waals surface area contributed by atoms with Gasteiger partial charge in [-0.25, -0.2) is 0 Å². The Labute approximate surface area is 165 Å². The third kappa shape index (κ3) is 10.7. The molecule has 0 rings (SSSR count). The fourth-order valence-electron chi connectivity index (χ4n) is 1.95. The summed E-state index contributed by atoms with van der Waals surface area (Å²) in [5.41, 5.74) is 5.61. The van der Waals surface area contributed by atoms with Crippen molar-refractivity contribution < 1.29 is 39.3 Å². The van der Waals surface area contributed by atoms with Crippen molar-refractivity contribution in [3.63, 3.8) is 0 Å². The Kier molecular flexibility index (Phi) is 12.6. The van der Waals surface area contributed by atoms with E-state index in [1.807, 2.05) is 5.32 Å². The molecule has 3 unspecified atom stereocenters. The predicted octanol–water partition coefficient (Wildman–Crippen LogP) is -2.91.